The lowest BCUT2D eigenvalue weighted by molar-refractivity contribution is 0.573. The van der Waals surface area contributed by atoms with Crippen molar-refractivity contribution in [2.45, 2.75) is 84.5 Å². The summed E-state index contributed by atoms with van der Waals surface area (Å²) in [6, 6.07) is 0. The molecule has 0 spiro atoms. The zero-order chi connectivity index (χ0) is 12.6. The van der Waals surface area contributed by atoms with Gasteiger partial charge in [0.15, 0.2) is 0 Å². The standard InChI is InChI=1S/C16H33P/c1-3-5-7-8-9-10-11-12-14-16-17-15-13-6-4-2/h13,15,17H,3-12,14,16H2,1-2H3/b15-13+. The largest absolute Gasteiger partial charge is 0.0987 e. The summed E-state index contributed by atoms with van der Waals surface area (Å²) >= 11 is 0. The molecule has 0 amide bonds. The van der Waals surface area contributed by atoms with E-state index >= 15 is 0 Å². The Hall–Kier alpha value is 0.170. The average molecular weight is 256 g/mol. The second-order valence-corrected chi connectivity index (χ2v) is 6.22. The minimum Gasteiger partial charge on any atom is -0.0987 e. The third-order valence-electron chi connectivity index (χ3n) is 3.12. The monoisotopic (exact) mass is 256 g/mol. The van der Waals surface area contributed by atoms with Crippen LogP contribution in [0.1, 0.15) is 84.5 Å². The van der Waals surface area contributed by atoms with Crippen LogP contribution in [0.15, 0.2) is 11.9 Å². The first kappa shape index (κ1) is 17.2. The summed E-state index contributed by atoms with van der Waals surface area (Å²) < 4.78 is 0. The first-order chi connectivity index (χ1) is 8.41. The summed E-state index contributed by atoms with van der Waals surface area (Å²) in [6.45, 7) is 4.53. The number of hydrogen-bond donors (Lipinski definition) is 0. The van der Waals surface area contributed by atoms with Crippen molar-refractivity contribution in [2.75, 3.05) is 6.16 Å². The van der Waals surface area contributed by atoms with E-state index in [4.69, 9.17) is 0 Å². The lowest BCUT2D eigenvalue weighted by Crippen LogP contribution is -1.82. The van der Waals surface area contributed by atoms with Crippen molar-refractivity contribution in [3.8, 4) is 0 Å². The predicted octanol–water partition coefficient (Wildman–Crippen LogP) is 6.51. The van der Waals surface area contributed by atoms with Gasteiger partial charge in [0.25, 0.3) is 0 Å². The molecule has 0 saturated carbocycles. The topological polar surface area (TPSA) is 0 Å². The van der Waals surface area contributed by atoms with E-state index in [2.05, 4.69) is 25.7 Å². The van der Waals surface area contributed by atoms with Gasteiger partial charge in [-0.15, -0.1) is 0 Å². The molecule has 0 aromatic carbocycles. The molecule has 0 bridgehead atoms. The molecule has 0 aliphatic carbocycles. The molecular formula is C16H33P. The van der Waals surface area contributed by atoms with Gasteiger partial charge in [-0.3, -0.25) is 0 Å². The fourth-order valence-corrected chi connectivity index (χ4v) is 2.91. The van der Waals surface area contributed by atoms with Crippen molar-refractivity contribution < 1.29 is 0 Å². The minimum absolute atomic E-state index is 1.07. The normalized spacial score (nSPS) is 12.1. The highest BCUT2D eigenvalue weighted by atomic mass is 31.1. The molecule has 0 aromatic rings. The van der Waals surface area contributed by atoms with Crippen molar-refractivity contribution in [1.29, 1.82) is 0 Å². The number of unbranched alkanes of at least 4 members (excludes halogenated alkanes) is 9. The van der Waals surface area contributed by atoms with E-state index in [0.717, 1.165) is 8.58 Å². The quantitative estimate of drug-likeness (QED) is 0.260. The highest BCUT2D eigenvalue weighted by molar-refractivity contribution is 7.41. The van der Waals surface area contributed by atoms with E-state index in [1.807, 2.05) is 0 Å². The van der Waals surface area contributed by atoms with Gasteiger partial charge < -0.3 is 0 Å². The van der Waals surface area contributed by atoms with Crippen LogP contribution in [0.3, 0.4) is 0 Å². The SMILES string of the molecule is CCC/C=C/PCCCCCCCCCCC. The van der Waals surface area contributed by atoms with E-state index in [1.165, 1.54) is 76.8 Å². The molecule has 0 aliphatic heterocycles. The van der Waals surface area contributed by atoms with Gasteiger partial charge >= 0.3 is 0 Å². The third kappa shape index (κ3) is 16.2. The first-order valence-electron chi connectivity index (χ1n) is 7.80. The molecule has 1 atom stereocenters. The zero-order valence-corrected chi connectivity index (χ0v) is 13.1. The van der Waals surface area contributed by atoms with Gasteiger partial charge in [-0.05, 0) is 19.0 Å². The maximum absolute atomic E-state index is 2.40. The second kappa shape index (κ2) is 16.2. The molecule has 0 fully saturated rings. The van der Waals surface area contributed by atoms with E-state index < -0.39 is 0 Å². The first-order valence-corrected chi connectivity index (χ1v) is 9.08. The minimum atomic E-state index is 1.07. The number of hydrogen-bond acceptors (Lipinski definition) is 0. The van der Waals surface area contributed by atoms with Gasteiger partial charge in [-0.25, -0.2) is 0 Å². The van der Waals surface area contributed by atoms with Crippen molar-refractivity contribution in [3.05, 3.63) is 11.9 Å². The summed E-state index contributed by atoms with van der Waals surface area (Å²) in [5.74, 6) is 2.40. The van der Waals surface area contributed by atoms with Gasteiger partial charge in [-0.2, -0.15) is 0 Å². The van der Waals surface area contributed by atoms with Crippen molar-refractivity contribution in [2.24, 2.45) is 0 Å². The second-order valence-electron chi connectivity index (χ2n) is 4.97. The molecule has 0 rings (SSSR count). The van der Waals surface area contributed by atoms with Crippen LogP contribution in [-0.2, 0) is 0 Å². The molecule has 0 aliphatic rings. The van der Waals surface area contributed by atoms with E-state index in [9.17, 15) is 0 Å². The van der Waals surface area contributed by atoms with Crippen LogP contribution in [-0.4, -0.2) is 6.16 Å². The van der Waals surface area contributed by atoms with E-state index in [1.54, 1.807) is 0 Å². The lowest BCUT2D eigenvalue weighted by Gasteiger charge is -2.01. The Bertz CT molecular complexity index is 152. The molecular weight excluding hydrogens is 223 g/mol. The molecule has 0 radical (unpaired) electrons. The van der Waals surface area contributed by atoms with Crippen LogP contribution in [0, 0.1) is 0 Å². The Morgan fingerprint density at radius 3 is 1.88 bits per heavy atom. The van der Waals surface area contributed by atoms with Gasteiger partial charge in [0.1, 0.15) is 0 Å². The smallest absolute Gasteiger partial charge is 0.0319 e. The lowest BCUT2D eigenvalue weighted by atomic mass is 10.1. The zero-order valence-electron chi connectivity index (χ0n) is 12.1. The Morgan fingerprint density at radius 2 is 1.29 bits per heavy atom. The van der Waals surface area contributed by atoms with Gasteiger partial charge in [-0.1, -0.05) is 92.1 Å². The summed E-state index contributed by atoms with van der Waals surface area (Å²) in [4.78, 5) is 0. The summed E-state index contributed by atoms with van der Waals surface area (Å²) in [5, 5.41) is 0. The van der Waals surface area contributed by atoms with Crippen molar-refractivity contribution in [1.82, 2.24) is 0 Å². The van der Waals surface area contributed by atoms with E-state index in [-0.39, 0.29) is 0 Å². The van der Waals surface area contributed by atoms with Crippen LogP contribution in [0.4, 0.5) is 0 Å². The van der Waals surface area contributed by atoms with Crippen LogP contribution in [0.5, 0.6) is 0 Å². The third-order valence-corrected chi connectivity index (χ3v) is 4.23. The van der Waals surface area contributed by atoms with Crippen LogP contribution in [0.2, 0.25) is 0 Å². The molecule has 0 heterocycles. The highest BCUT2D eigenvalue weighted by Crippen LogP contribution is 2.17. The highest BCUT2D eigenvalue weighted by Gasteiger charge is 1.91. The molecule has 0 saturated heterocycles. The maximum atomic E-state index is 2.40. The molecule has 0 nitrogen and oxygen atoms in total. The van der Waals surface area contributed by atoms with E-state index in [0.29, 0.717) is 0 Å². The van der Waals surface area contributed by atoms with Gasteiger partial charge in [0.05, 0.1) is 0 Å². The molecule has 1 heteroatoms. The van der Waals surface area contributed by atoms with Gasteiger partial charge in [0, 0.05) is 0 Å². The van der Waals surface area contributed by atoms with Crippen molar-refractivity contribution >= 4 is 8.58 Å². The summed E-state index contributed by atoms with van der Waals surface area (Å²) in [7, 11) is 1.07. The maximum Gasteiger partial charge on any atom is -0.0319 e. The number of allylic oxidation sites excluding steroid dienone is 1. The van der Waals surface area contributed by atoms with Crippen LogP contribution < -0.4 is 0 Å². The Balaban J connectivity index is 2.94. The Labute approximate surface area is 111 Å². The fraction of sp³-hybridized carbons (Fsp3) is 0.875. The molecule has 17 heavy (non-hydrogen) atoms. The summed E-state index contributed by atoms with van der Waals surface area (Å²) in [5.41, 5.74) is 0. The molecule has 1 unspecified atom stereocenters. The Morgan fingerprint density at radius 1 is 0.706 bits per heavy atom. The summed E-state index contributed by atoms with van der Waals surface area (Å²) in [6.07, 6.45) is 19.4. The number of rotatable bonds is 13. The van der Waals surface area contributed by atoms with Crippen LogP contribution >= 0.6 is 8.58 Å². The average Bonchev–Trinajstić information content (AvgIpc) is 2.35. The van der Waals surface area contributed by atoms with Gasteiger partial charge in [0.2, 0.25) is 0 Å². The predicted molar refractivity (Wildman–Crippen MR) is 84.5 cm³/mol. The van der Waals surface area contributed by atoms with Crippen molar-refractivity contribution in [3.63, 3.8) is 0 Å². The van der Waals surface area contributed by atoms with Crippen LogP contribution in [0.25, 0.3) is 0 Å². The molecule has 0 N–H and O–H groups in total. The molecule has 102 valence electrons. The fourth-order valence-electron chi connectivity index (χ4n) is 1.95. The Kier molecular flexibility index (Phi) is 16.3. The molecule has 0 aromatic heterocycles.